The summed E-state index contributed by atoms with van der Waals surface area (Å²) in [5.41, 5.74) is 0.439. The standard InChI is InChI=1S/C15H24N4O/c1-4-12(3)16-14-8-7-13(17-18-14)15(20)19-9-5-6-11(2)10-19/h7-8,11-12H,4-6,9-10H2,1-3H3,(H,16,18). The van der Waals surface area contributed by atoms with E-state index in [1.54, 1.807) is 6.07 Å². The predicted molar refractivity (Wildman–Crippen MR) is 79.7 cm³/mol. The number of aromatic nitrogens is 2. The van der Waals surface area contributed by atoms with Crippen molar-refractivity contribution >= 4 is 11.7 Å². The van der Waals surface area contributed by atoms with Crippen molar-refractivity contribution in [2.45, 2.75) is 46.1 Å². The number of hydrogen-bond donors (Lipinski definition) is 1. The Morgan fingerprint density at radius 1 is 1.50 bits per heavy atom. The van der Waals surface area contributed by atoms with Crippen LogP contribution in [-0.4, -0.2) is 40.1 Å². The number of nitrogens with one attached hydrogen (secondary N) is 1. The van der Waals surface area contributed by atoms with Crippen LogP contribution in [0.25, 0.3) is 0 Å². The number of amides is 1. The highest BCUT2D eigenvalue weighted by atomic mass is 16.2. The Hall–Kier alpha value is -1.65. The Balaban J connectivity index is 2.00. The minimum atomic E-state index is -0.000796. The van der Waals surface area contributed by atoms with Gasteiger partial charge in [0.15, 0.2) is 5.69 Å². The maximum absolute atomic E-state index is 12.3. The summed E-state index contributed by atoms with van der Waals surface area (Å²) in [6, 6.07) is 3.95. The lowest BCUT2D eigenvalue weighted by atomic mass is 10.00. The normalized spacial score (nSPS) is 20.6. The highest BCUT2D eigenvalue weighted by molar-refractivity contribution is 5.92. The van der Waals surface area contributed by atoms with E-state index in [1.807, 2.05) is 11.0 Å². The first-order valence-corrected chi connectivity index (χ1v) is 7.49. The molecule has 5 nitrogen and oxygen atoms in total. The van der Waals surface area contributed by atoms with Crippen LogP contribution in [0.3, 0.4) is 0 Å². The Kier molecular flexibility index (Phi) is 4.93. The van der Waals surface area contributed by atoms with Gasteiger partial charge in [-0.25, -0.2) is 0 Å². The van der Waals surface area contributed by atoms with Crippen LogP contribution in [0.5, 0.6) is 0 Å². The maximum atomic E-state index is 12.3. The number of nitrogens with zero attached hydrogens (tertiary/aromatic N) is 3. The first-order chi connectivity index (χ1) is 9.60. The second-order valence-corrected chi connectivity index (χ2v) is 5.76. The zero-order valence-corrected chi connectivity index (χ0v) is 12.6. The van der Waals surface area contributed by atoms with Crippen LogP contribution in [0.4, 0.5) is 5.82 Å². The minimum absolute atomic E-state index is 0.000796. The summed E-state index contributed by atoms with van der Waals surface area (Å²) in [7, 11) is 0. The fourth-order valence-corrected chi connectivity index (χ4v) is 2.41. The monoisotopic (exact) mass is 276 g/mol. The molecule has 0 radical (unpaired) electrons. The van der Waals surface area contributed by atoms with Gasteiger partial charge < -0.3 is 10.2 Å². The average molecular weight is 276 g/mol. The van der Waals surface area contributed by atoms with E-state index < -0.39 is 0 Å². The van der Waals surface area contributed by atoms with Gasteiger partial charge in [0.25, 0.3) is 5.91 Å². The maximum Gasteiger partial charge on any atom is 0.274 e. The van der Waals surface area contributed by atoms with Gasteiger partial charge in [0.1, 0.15) is 5.82 Å². The molecule has 1 aliphatic rings. The Morgan fingerprint density at radius 3 is 2.90 bits per heavy atom. The molecule has 20 heavy (non-hydrogen) atoms. The third kappa shape index (κ3) is 3.68. The molecule has 0 saturated carbocycles. The third-order valence-electron chi connectivity index (χ3n) is 3.83. The fourth-order valence-electron chi connectivity index (χ4n) is 2.41. The van der Waals surface area contributed by atoms with Gasteiger partial charge in [0.2, 0.25) is 0 Å². The second-order valence-electron chi connectivity index (χ2n) is 5.76. The quantitative estimate of drug-likeness (QED) is 0.918. The van der Waals surface area contributed by atoms with Crippen LogP contribution in [0.2, 0.25) is 0 Å². The van der Waals surface area contributed by atoms with Crippen LogP contribution in [-0.2, 0) is 0 Å². The number of likely N-dealkylation sites (tertiary alicyclic amines) is 1. The SMILES string of the molecule is CCC(C)Nc1ccc(C(=O)N2CCCC(C)C2)nn1. The number of piperidine rings is 1. The summed E-state index contributed by atoms with van der Waals surface area (Å²) < 4.78 is 0. The first kappa shape index (κ1) is 14.8. The van der Waals surface area contributed by atoms with Gasteiger partial charge in [-0.1, -0.05) is 13.8 Å². The van der Waals surface area contributed by atoms with Crippen molar-refractivity contribution in [2.24, 2.45) is 5.92 Å². The van der Waals surface area contributed by atoms with E-state index in [9.17, 15) is 4.79 Å². The van der Waals surface area contributed by atoms with Gasteiger partial charge >= 0.3 is 0 Å². The van der Waals surface area contributed by atoms with Crippen molar-refractivity contribution in [1.82, 2.24) is 15.1 Å². The highest BCUT2D eigenvalue weighted by Gasteiger charge is 2.23. The van der Waals surface area contributed by atoms with Crippen LogP contribution in [0.1, 0.15) is 50.5 Å². The van der Waals surface area contributed by atoms with E-state index in [0.29, 0.717) is 17.7 Å². The molecule has 1 aliphatic heterocycles. The molecule has 2 rings (SSSR count). The molecule has 110 valence electrons. The van der Waals surface area contributed by atoms with Crippen LogP contribution >= 0.6 is 0 Å². The largest absolute Gasteiger partial charge is 0.366 e. The van der Waals surface area contributed by atoms with Crippen molar-refractivity contribution < 1.29 is 4.79 Å². The summed E-state index contributed by atoms with van der Waals surface area (Å²) in [6.45, 7) is 8.05. The first-order valence-electron chi connectivity index (χ1n) is 7.49. The molecule has 0 aliphatic carbocycles. The summed E-state index contributed by atoms with van der Waals surface area (Å²) in [5, 5.41) is 11.4. The predicted octanol–water partition coefficient (Wildman–Crippen LogP) is 2.56. The second kappa shape index (κ2) is 6.68. The summed E-state index contributed by atoms with van der Waals surface area (Å²) >= 11 is 0. The molecule has 1 aromatic heterocycles. The molecular weight excluding hydrogens is 252 g/mol. The molecule has 2 unspecified atom stereocenters. The third-order valence-corrected chi connectivity index (χ3v) is 3.83. The van der Waals surface area contributed by atoms with Gasteiger partial charge in [-0.3, -0.25) is 4.79 Å². The molecular formula is C15H24N4O. The lowest BCUT2D eigenvalue weighted by Gasteiger charge is -2.30. The number of anilines is 1. The molecule has 5 heteroatoms. The number of carbonyl (C=O) groups is 1. The smallest absolute Gasteiger partial charge is 0.274 e. The number of carbonyl (C=O) groups excluding carboxylic acids is 1. The van der Waals surface area contributed by atoms with E-state index in [1.165, 1.54) is 6.42 Å². The summed E-state index contributed by atoms with van der Waals surface area (Å²) in [5.74, 6) is 1.30. The van der Waals surface area contributed by atoms with Gasteiger partial charge in [-0.2, -0.15) is 0 Å². The molecule has 1 amide bonds. The van der Waals surface area contributed by atoms with Crippen molar-refractivity contribution in [3.63, 3.8) is 0 Å². The molecule has 1 saturated heterocycles. The van der Waals surface area contributed by atoms with Crippen LogP contribution < -0.4 is 5.32 Å². The molecule has 1 N–H and O–H groups in total. The van der Waals surface area contributed by atoms with Gasteiger partial charge in [-0.05, 0) is 44.2 Å². The lowest BCUT2D eigenvalue weighted by molar-refractivity contribution is 0.0676. The fraction of sp³-hybridized carbons (Fsp3) is 0.667. The Labute approximate surface area is 120 Å². The molecule has 1 fully saturated rings. The molecule has 1 aromatic rings. The van der Waals surface area contributed by atoms with E-state index in [4.69, 9.17) is 0 Å². The lowest BCUT2D eigenvalue weighted by Crippen LogP contribution is -2.39. The molecule has 0 spiro atoms. The van der Waals surface area contributed by atoms with Crippen LogP contribution in [0, 0.1) is 5.92 Å². The highest BCUT2D eigenvalue weighted by Crippen LogP contribution is 2.17. The van der Waals surface area contributed by atoms with Crippen molar-refractivity contribution in [3.05, 3.63) is 17.8 Å². The van der Waals surface area contributed by atoms with E-state index in [2.05, 4.69) is 36.3 Å². The molecule has 0 aromatic carbocycles. The average Bonchev–Trinajstić information content (AvgIpc) is 2.47. The van der Waals surface area contributed by atoms with Gasteiger partial charge in [0, 0.05) is 19.1 Å². The van der Waals surface area contributed by atoms with Crippen molar-refractivity contribution in [3.8, 4) is 0 Å². The summed E-state index contributed by atoms with van der Waals surface area (Å²) in [6.07, 6.45) is 3.30. The Morgan fingerprint density at radius 2 is 2.30 bits per heavy atom. The van der Waals surface area contributed by atoms with Crippen molar-refractivity contribution in [2.75, 3.05) is 18.4 Å². The van der Waals surface area contributed by atoms with E-state index in [0.717, 1.165) is 31.7 Å². The summed E-state index contributed by atoms with van der Waals surface area (Å²) in [4.78, 5) is 14.2. The van der Waals surface area contributed by atoms with Gasteiger partial charge in [0.05, 0.1) is 0 Å². The van der Waals surface area contributed by atoms with Gasteiger partial charge in [-0.15, -0.1) is 10.2 Å². The van der Waals surface area contributed by atoms with Crippen LogP contribution in [0.15, 0.2) is 12.1 Å². The zero-order chi connectivity index (χ0) is 14.5. The van der Waals surface area contributed by atoms with Crippen molar-refractivity contribution in [1.29, 1.82) is 0 Å². The topological polar surface area (TPSA) is 58.1 Å². The van der Waals surface area contributed by atoms with E-state index in [-0.39, 0.29) is 5.91 Å². The molecule has 2 atom stereocenters. The Bertz CT molecular complexity index is 446. The minimum Gasteiger partial charge on any atom is -0.366 e. The molecule has 0 bridgehead atoms. The number of hydrogen-bond acceptors (Lipinski definition) is 4. The van der Waals surface area contributed by atoms with E-state index >= 15 is 0 Å². The molecule has 2 heterocycles. The number of rotatable bonds is 4. The zero-order valence-electron chi connectivity index (χ0n) is 12.6.